The van der Waals surface area contributed by atoms with E-state index in [1.165, 1.54) is 38.0 Å². The first-order valence-electron chi connectivity index (χ1n) is 13.7. The maximum atomic E-state index is 12.6. The zero-order valence-corrected chi connectivity index (χ0v) is 21.4. The molecule has 1 saturated carbocycles. The molecule has 1 aromatic carbocycles. The van der Waals surface area contributed by atoms with Gasteiger partial charge in [0.05, 0.1) is 24.0 Å². The van der Waals surface area contributed by atoms with Crippen LogP contribution in [0.3, 0.4) is 0 Å². The van der Waals surface area contributed by atoms with Gasteiger partial charge in [-0.1, -0.05) is 6.42 Å². The van der Waals surface area contributed by atoms with E-state index in [1.807, 2.05) is 24.0 Å². The second-order valence-electron chi connectivity index (χ2n) is 11.0. The van der Waals surface area contributed by atoms with E-state index in [9.17, 15) is 4.79 Å². The Balaban J connectivity index is 1.02. The summed E-state index contributed by atoms with van der Waals surface area (Å²) in [5.41, 5.74) is 2.75. The van der Waals surface area contributed by atoms with Crippen LogP contribution < -0.4 is 14.5 Å². The van der Waals surface area contributed by atoms with Gasteiger partial charge in [0.1, 0.15) is 18.5 Å². The first-order chi connectivity index (χ1) is 17.6. The first-order valence-corrected chi connectivity index (χ1v) is 13.7. The SMILES string of the molecule is Cc1ccc(N2CC3(CCN(c4ccc(OC5CCN(C6CCC6)CC5)cc4)CC3)OCC2=O)cn1. The monoisotopic (exact) mass is 490 g/mol. The summed E-state index contributed by atoms with van der Waals surface area (Å²) in [6.07, 6.45) is 10.4. The number of aryl methyl sites for hydroxylation is 1. The average Bonchev–Trinajstić information content (AvgIpc) is 2.87. The Hall–Kier alpha value is -2.64. The fourth-order valence-electron chi connectivity index (χ4n) is 6.08. The number of pyridine rings is 1. The number of rotatable bonds is 5. The number of nitrogens with zero attached hydrogens (tertiary/aromatic N) is 4. The van der Waals surface area contributed by atoms with Gasteiger partial charge in [0.25, 0.3) is 5.91 Å². The summed E-state index contributed by atoms with van der Waals surface area (Å²) < 4.78 is 12.5. The summed E-state index contributed by atoms with van der Waals surface area (Å²) in [6, 6.07) is 13.4. The minimum absolute atomic E-state index is 0.0120. The van der Waals surface area contributed by atoms with Crippen LogP contribution in [0.15, 0.2) is 42.6 Å². The first kappa shape index (κ1) is 23.7. The summed E-state index contributed by atoms with van der Waals surface area (Å²) in [7, 11) is 0. The van der Waals surface area contributed by atoms with E-state index >= 15 is 0 Å². The summed E-state index contributed by atoms with van der Waals surface area (Å²) in [5.74, 6) is 0.990. The minimum Gasteiger partial charge on any atom is -0.490 e. The lowest BCUT2D eigenvalue weighted by molar-refractivity contribution is -0.141. The zero-order chi connectivity index (χ0) is 24.5. The number of piperidine rings is 2. The van der Waals surface area contributed by atoms with Crippen molar-refractivity contribution >= 4 is 17.3 Å². The average molecular weight is 491 g/mol. The Labute approximate surface area is 214 Å². The lowest BCUT2D eigenvalue weighted by atomic mass is 9.88. The standard InChI is InChI=1S/C29H38N4O3/c1-22-5-6-25(19-30-22)33-21-29(35-20-28(33)34)13-17-32(18-14-29)24-7-9-26(10-8-24)36-27-11-15-31(16-12-27)23-3-2-4-23/h5-10,19,23,27H,2-4,11-18,20-21H2,1H3. The molecule has 1 aliphatic carbocycles. The third-order valence-corrected chi connectivity index (χ3v) is 8.70. The molecule has 3 aliphatic heterocycles. The molecule has 1 amide bonds. The summed E-state index contributed by atoms with van der Waals surface area (Å²) in [4.78, 5) is 23.9. The van der Waals surface area contributed by atoms with E-state index in [1.54, 1.807) is 6.20 Å². The van der Waals surface area contributed by atoms with E-state index in [0.717, 1.165) is 61.9 Å². The van der Waals surface area contributed by atoms with Gasteiger partial charge < -0.3 is 24.2 Å². The van der Waals surface area contributed by atoms with E-state index in [-0.39, 0.29) is 18.1 Å². The van der Waals surface area contributed by atoms with Crippen LogP contribution in [0.5, 0.6) is 5.75 Å². The van der Waals surface area contributed by atoms with E-state index in [0.29, 0.717) is 12.6 Å². The van der Waals surface area contributed by atoms with Gasteiger partial charge in [0.2, 0.25) is 0 Å². The molecule has 4 fully saturated rings. The van der Waals surface area contributed by atoms with Crippen LogP contribution in [-0.4, -0.2) is 72.9 Å². The van der Waals surface area contributed by atoms with Crippen molar-refractivity contribution in [1.82, 2.24) is 9.88 Å². The number of carbonyl (C=O) groups excluding carboxylic acids is 1. The predicted molar refractivity (Wildman–Crippen MR) is 141 cm³/mol. The highest BCUT2D eigenvalue weighted by atomic mass is 16.5. The molecule has 0 bridgehead atoms. The number of anilines is 2. The third-order valence-electron chi connectivity index (χ3n) is 8.70. The number of benzene rings is 1. The highest BCUT2D eigenvalue weighted by molar-refractivity contribution is 5.95. The van der Waals surface area contributed by atoms with Gasteiger partial charge in [-0.25, -0.2) is 0 Å². The summed E-state index contributed by atoms with van der Waals surface area (Å²) >= 11 is 0. The second-order valence-corrected chi connectivity index (χ2v) is 11.0. The van der Waals surface area contributed by atoms with Crippen LogP contribution in [0, 0.1) is 6.92 Å². The van der Waals surface area contributed by atoms with Gasteiger partial charge in [0.15, 0.2) is 0 Å². The number of aromatic nitrogens is 1. The van der Waals surface area contributed by atoms with Crippen molar-refractivity contribution in [2.75, 3.05) is 49.1 Å². The molecule has 0 radical (unpaired) electrons. The molecule has 0 unspecified atom stereocenters. The second kappa shape index (κ2) is 10.0. The van der Waals surface area contributed by atoms with Crippen molar-refractivity contribution in [3.8, 4) is 5.75 Å². The van der Waals surface area contributed by atoms with Gasteiger partial charge in [0, 0.05) is 43.6 Å². The molecule has 7 heteroatoms. The Kier molecular flexibility index (Phi) is 6.61. The van der Waals surface area contributed by atoms with Crippen molar-refractivity contribution in [3.63, 3.8) is 0 Å². The molecule has 7 nitrogen and oxygen atoms in total. The van der Waals surface area contributed by atoms with E-state index < -0.39 is 0 Å². The van der Waals surface area contributed by atoms with Crippen LogP contribution in [0.2, 0.25) is 0 Å². The highest BCUT2D eigenvalue weighted by Gasteiger charge is 2.43. The molecule has 1 spiro atoms. The number of likely N-dealkylation sites (tertiary alicyclic amines) is 1. The van der Waals surface area contributed by atoms with Crippen molar-refractivity contribution in [1.29, 1.82) is 0 Å². The topological polar surface area (TPSA) is 58.1 Å². The fourth-order valence-corrected chi connectivity index (χ4v) is 6.08. The Morgan fingerprint density at radius 3 is 2.31 bits per heavy atom. The summed E-state index contributed by atoms with van der Waals surface area (Å²) in [6.45, 7) is 6.86. The molecule has 1 aromatic heterocycles. The van der Waals surface area contributed by atoms with Gasteiger partial charge >= 0.3 is 0 Å². The van der Waals surface area contributed by atoms with Crippen LogP contribution in [0.25, 0.3) is 0 Å². The van der Waals surface area contributed by atoms with Crippen LogP contribution >= 0.6 is 0 Å². The van der Waals surface area contributed by atoms with Crippen LogP contribution in [-0.2, 0) is 9.53 Å². The van der Waals surface area contributed by atoms with E-state index in [2.05, 4.69) is 39.0 Å². The number of ether oxygens (including phenoxy) is 2. The number of morpholine rings is 1. The molecule has 4 heterocycles. The molecule has 0 N–H and O–H groups in total. The van der Waals surface area contributed by atoms with Crippen molar-refractivity contribution in [3.05, 3.63) is 48.3 Å². The third kappa shape index (κ3) is 4.96. The van der Waals surface area contributed by atoms with Gasteiger partial charge in [-0.15, -0.1) is 0 Å². The van der Waals surface area contributed by atoms with Gasteiger partial charge in [-0.3, -0.25) is 9.78 Å². The Morgan fingerprint density at radius 1 is 0.944 bits per heavy atom. The van der Waals surface area contributed by atoms with E-state index in [4.69, 9.17) is 9.47 Å². The lowest BCUT2D eigenvalue weighted by Gasteiger charge is -2.47. The van der Waals surface area contributed by atoms with Gasteiger partial charge in [-0.2, -0.15) is 0 Å². The number of carbonyl (C=O) groups is 1. The quantitative estimate of drug-likeness (QED) is 0.627. The number of amides is 1. The normalized spacial score (nSPS) is 23.6. The highest BCUT2D eigenvalue weighted by Crippen LogP contribution is 2.35. The molecular formula is C29H38N4O3. The number of hydrogen-bond donors (Lipinski definition) is 0. The molecular weight excluding hydrogens is 452 g/mol. The predicted octanol–water partition coefficient (Wildman–Crippen LogP) is 4.19. The molecule has 4 aliphatic rings. The lowest BCUT2D eigenvalue weighted by Crippen LogP contribution is -2.59. The molecule has 36 heavy (non-hydrogen) atoms. The summed E-state index contributed by atoms with van der Waals surface area (Å²) in [5, 5.41) is 0. The fraction of sp³-hybridized carbons (Fsp3) is 0.586. The zero-order valence-electron chi connectivity index (χ0n) is 21.4. The molecule has 0 atom stereocenters. The van der Waals surface area contributed by atoms with Crippen molar-refractivity contribution in [2.45, 2.75) is 69.6 Å². The van der Waals surface area contributed by atoms with Crippen molar-refractivity contribution in [2.24, 2.45) is 0 Å². The van der Waals surface area contributed by atoms with Crippen LogP contribution in [0.1, 0.15) is 50.6 Å². The maximum absolute atomic E-state index is 12.6. The van der Waals surface area contributed by atoms with Crippen molar-refractivity contribution < 1.29 is 14.3 Å². The minimum atomic E-state index is -0.285. The molecule has 192 valence electrons. The van der Waals surface area contributed by atoms with Crippen LogP contribution in [0.4, 0.5) is 11.4 Å². The van der Waals surface area contributed by atoms with Gasteiger partial charge in [-0.05, 0) is 81.8 Å². The maximum Gasteiger partial charge on any atom is 0.253 e. The molecule has 6 rings (SSSR count). The Morgan fingerprint density at radius 2 is 1.67 bits per heavy atom. The smallest absolute Gasteiger partial charge is 0.253 e. The number of hydrogen-bond acceptors (Lipinski definition) is 6. The largest absolute Gasteiger partial charge is 0.490 e. The molecule has 3 saturated heterocycles. The Bertz CT molecular complexity index is 1040. The molecule has 2 aromatic rings.